The van der Waals surface area contributed by atoms with Crippen LogP contribution < -0.4 is 0 Å². The number of rotatable bonds is 4. The van der Waals surface area contributed by atoms with Crippen LogP contribution in [0.25, 0.3) is 0 Å². The van der Waals surface area contributed by atoms with Crippen molar-refractivity contribution in [1.29, 1.82) is 0 Å². The van der Waals surface area contributed by atoms with E-state index in [2.05, 4.69) is 23.8 Å². The number of benzene rings is 1. The van der Waals surface area contributed by atoms with Crippen molar-refractivity contribution in [2.24, 2.45) is 0 Å². The molecule has 2 rings (SSSR count). The normalized spacial score (nSPS) is 21.1. The van der Waals surface area contributed by atoms with Crippen LogP contribution in [0.2, 0.25) is 0 Å². The third-order valence-electron chi connectivity index (χ3n) is 4.03. The third kappa shape index (κ3) is 3.35. The molecule has 5 heteroatoms. The third-order valence-corrected chi connectivity index (χ3v) is 4.03. The van der Waals surface area contributed by atoms with Crippen LogP contribution in [-0.2, 0) is 6.54 Å². The molecule has 110 valence electrons. The molecule has 0 spiro atoms. The quantitative estimate of drug-likeness (QED) is 0.916. The van der Waals surface area contributed by atoms with Crippen LogP contribution in [0.15, 0.2) is 18.2 Å². The van der Waals surface area contributed by atoms with Gasteiger partial charge in [-0.2, -0.15) is 0 Å². The number of carboxylic acid groups (broad SMARTS) is 1. The van der Waals surface area contributed by atoms with E-state index in [4.69, 9.17) is 5.11 Å². The van der Waals surface area contributed by atoms with E-state index in [1.165, 1.54) is 6.07 Å². The van der Waals surface area contributed by atoms with Crippen LogP contribution in [0.5, 0.6) is 0 Å². The number of carbonyl (C=O) groups is 1. The Balaban J connectivity index is 2.05. The van der Waals surface area contributed by atoms with Gasteiger partial charge in [-0.05, 0) is 25.6 Å². The van der Waals surface area contributed by atoms with Gasteiger partial charge in [-0.15, -0.1) is 0 Å². The minimum Gasteiger partial charge on any atom is -0.478 e. The Kier molecular flexibility index (Phi) is 4.73. The second-order valence-corrected chi connectivity index (χ2v) is 5.39. The van der Waals surface area contributed by atoms with E-state index < -0.39 is 11.8 Å². The van der Waals surface area contributed by atoms with Crippen molar-refractivity contribution in [3.8, 4) is 0 Å². The largest absolute Gasteiger partial charge is 0.478 e. The van der Waals surface area contributed by atoms with Crippen LogP contribution >= 0.6 is 0 Å². The molecule has 4 nitrogen and oxygen atoms in total. The molecule has 0 radical (unpaired) electrons. The summed E-state index contributed by atoms with van der Waals surface area (Å²) < 4.78 is 13.9. The van der Waals surface area contributed by atoms with Gasteiger partial charge in [0.2, 0.25) is 0 Å². The molecule has 0 aromatic heterocycles. The van der Waals surface area contributed by atoms with Crippen molar-refractivity contribution in [2.75, 3.05) is 26.7 Å². The Morgan fingerprint density at radius 2 is 2.20 bits per heavy atom. The molecule has 0 bridgehead atoms. The average Bonchev–Trinajstić information content (AvgIpc) is 2.42. The predicted molar refractivity (Wildman–Crippen MR) is 75.3 cm³/mol. The fourth-order valence-corrected chi connectivity index (χ4v) is 2.64. The minimum atomic E-state index is -1.10. The van der Waals surface area contributed by atoms with E-state index in [1.54, 1.807) is 6.07 Å². The molecule has 1 N–H and O–H groups in total. The van der Waals surface area contributed by atoms with E-state index in [1.807, 2.05) is 0 Å². The molecular weight excluding hydrogens is 259 g/mol. The zero-order chi connectivity index (χ0) is 14.7. The maximum atomic E-state index is 13.9. The summed E-state index contributed by atoms with van der Waals surface area (Å²) in [6.07, 6.45) is 1.08. The highest BCUT2D eigenvalue weighted by atomic mass is 19.1. The van der Waals surface area contributed by atoms with Crippen molar-refractivity contribution in [3.63, 3.8) is 0 Å². The standard InChI is InChI=1S/C15H21FN2O2/c1-3-13-10-18(7-6-17(13)2)9-12-5-4-11(15(19)20)8-14(12)16/h4-5,8,13H,3,6-7,9-10H2,1-2H3,(H,19,20). The molecule has 1 aliphatic rings. The Morgan fingerprint density at radius 3 is 2.80 bits per heavy atom. The van der Waals surface area contributed by atoms with Gasteiger partial charge in [0, 0.05) is 37.8 Å². The number of piperazine rings is 1. The van der Waals surface area contributed by atoms with Gasteiger partial charge in [0.05, 0.1) is 5.56 Å². The number of hydrogen-bond donors (Lipinski definition) is 1. The maximum Gasteiger partial charge on any atom is 0.335 e. The molecule has 20 heavy (non-hydrogen) atoms. The number of nitrogens with zero attached hydrogens (tertiary/aromatic N) is 2. The van der Waals surface area contributed by atoms with Gasteiger partial charge in [0.1, 0.15) is 5.82 Å². The lowest BCUT2D eigenvalue weighted by Gasteiger charge is -2.39. The number of carboxylic acids is 1. The zero-order valence-electron chi connectivity index (χ0n) is 12.0. The first kappa shape index (κ1) is 14.9. The average molecular weight is 280 g/mol. The first-order valence-corrected chi connectivity index (χ1v) is 6.95. The second-order valence-electron chi connectivity index (χ2n) is 5.39. The number of aromatic carboxylic acids is 1. The van der Waals surface area contributed by atoms with E-state index in [0.717, 1.165) is 32.1 Å². The zero-order valence-corrected chi connectivity index (χ0v) is 12.0. The molecule has 1 aromatic rings. The molecule has 0 saturated carbocycles. The molecule has 1 aliphatic heterocycles. The van der Waals surface area contributed by atoms with Crippen LogP contribution in [0, 0.1) is 5.82 Å². The highest BCUT2D eigenvalue weighted by Crippen LogP contribution is 2.17. The molecule has 1 aromatic carbocycles. The van der Waals surface area contributed by atoms with Gasteiger partial charge < -0.3 is 10.0 Å². The molecular formula is C15H21FN2O2. The Labute approximate surface area is 118 Å². The summed E-state index contributed by atoms with van der Waals surface area (Å²) in [5.41, 5.74) is 0.561. The number of likely N-dealkylation sites (N-methyl/N-ethyl adjacent to an activating group) is 1. The van der Waals surface area contributed by atoms with Crippen molar-refractivity contribution in [2.45, 2.75) is 25.9 Å². The SMILES string of the molecule is CCC1CN(Cc2ccc(C(=O)O)cc2F)CCN1C. The Hall–Kier alpha value is -1.46. The molecule has 1 unspecified atom stereocenters. The lowest BCUT2D eigenvalue weighted by Crippen LogP contribution is -2.50. The maximum absolute atomic E-state index is 13.9. The Morgan fingerprint density at radius 1 is 1.45 bits per heavy atom. The Bertz CT molecular complexity index is 493. The summed E-state index contributed by atoms with van der Waals surface area (Å²) >= 11 is 0. The van der Waals surface area contributed by atoms with Crippen molar-refractivity contribution in [1.82, 2.24) is 9.80 Å². The fourth-order valence-electron chi connectivity index (χ4n) is 2.64. The molecule has 1 heterocycles. The molecule has 1 fully saturated rings. The highest BCUT2D eigenvalue weighted by molar-refractivity contribution is 5.87. The van der Waals surface area contributed by atoms with E-state index >= 15 is 0 Å². The molecule has 1 saturated heterocycles. The van der Waals surface area contributed by atoms with Gasteiger partial charge in [-0.3, -0.25) is 4.90 Å². The van der Waals surface area contributed by atoms with Gasteiger partial charge in [0.25, 0.3) is 0 Å². The van der Waals surface area contributed by atoms with Crippen molar-refractivity contribution < 1.29 is 14.3 Å². The summed E-state index contributed by atoms with van der Waals surface area (Å²) in [5, 5.41) is 8.83. The lowest BCUT2D eigenvalue weighted by molar-refractivity contribution is 0.0696. The highest BCUT2D eigenvalue weighted by Gasteiger charge is 2.23. The van der Waals surface area contributed by atoms with E-state index in [0.29, 0.717) is 18.2 Å². The summed E-state index contributed by atoms with van der Waals surface area (Å²) in [4.78, 5) is 15.4. The van der Waals surface area contributed by atoms with Crippen molar-refractivity contribution in [3.05, 3.63) is 35.1 Å². The molecule has 0 aliphatic carbocycles. The summed E-state index contributed by atoms with van der Waals surface area (Å²) in [5.74, 6) is -1.53. The molecule has 1 atom stereocenters. The van der Waals surface area contributed by atoms with Gasteiger partial charge in [0.15, 0.2) is 0 Å². The fraction of sp³-hybridized carbons (Fsp3) is 0.533. The summed E-state index contributed by atoms with van der Waals surface area (Å²) in [6.45, 7) is 5.51. The topological polar surface area (TPSA) is 43.8 Å². The van der Waals surface area contributed by atoms with E-state index in [-0.39, 0.29) is 5.56 Å². The van der Waals surface area contributed by atoms with E-state index in [9.17, 15) is 9.18 Å². The van der Waals surface area contributed by atoms with Gasteiger partial charge in [-0.1, -0.05) is 13.0 Å². The lowest BCUT2D eigenvalue weighted by atomic mass is 10.1. The summed E-state index contributed by atoms with van der Waals surface area (Å²) in [6, 6.07) is 4.65. The minimum absolute atomic E-state index is 0.00365. The smallest absolute Gasteiger partial charge is 0.335 e. The molecule has 0 amide bonds. The van der Waals surface area contributed by atoms with Crippen LogP contribution in [0.1, 0.15) is 29.3 Å². The summed E-state index contributed by atoms with van der Waals surface area (Å²) in [7, 11) is 2.12. The van der Waals surface area contributed by atoms with Crippen LogP contribution in [-0.4, -0.2) is 53.6 Å². The number of hydrogen-bond acceptors (Lipinski definition) is 3. The monoisotopic (exact) mass is 280 g/mol. The van der Waals surface area contributed by atoms with Crippen LogP contribution in [0.4, 0.5) is 4.39 Å². The first-order valence-electron chi connectivity index (χ1n) is 6.95. The van der Waals surface area contributed by atoms with Gasteiger partial charge in [-0.25, -0.2) is 9.18 Å². The van der Waals surface area contributed by atoms with Gasteiger partial charge >= 0.3 is 5.97 Å². The second kappa shape index (κ2) is 6.33. The number of halogens is 1. The first-order chi connectivity index (χ1) is 9.51. The predicted octanol–water partition coefficient (Wildman–Crippen LogP) is 2.05. The van der Waals surface area contributed by atoms with Crippen LogP contribution in [0.3, 0.4) is 0 Å². The van der Waals surface area contributed by atoms with Crippen molar-refractivity contribution >= 4 is 5.97 Å².